The Morgan fingerprint density at radius 3 is 2.56 bits per heavy atom. The number of rotatable bonds is 2. The van der Waals surface area contributed by atoms with E-state index in [0.717, 1.165) is 12.1 Å². The molecule has 18 heavy (non-hydrogen) atoms. The number of aromatic nitrogens is 1. The van der Waals surface area contributed by atoms with E-state index >= 15 is 0 Å². The van der Waals surface area contributed by atoms with E-state index in [2.05, 4.69) is 9.88 Å². The molecule has 0 bridgehead atoms. The standard InChI is InChI=1S/C12H15N3O3/c16-11(12(17)18)15-6-4-14(5-7-15)9-10-2-1-3-13-8-10/h1-3,8H,4-7,9H2,(H,17,18). The van der Waals surface area contributed by atoms with Crippen LogP contribution in [0.2, 0.25) is 0 Å². The van der Waals surface area contributed by atoms with Gasteiger partial charge in [0.2, 0.25) is 0 Å². The van der Waals surface area contributed by atoms with E-state index in [9.17, 15) is 9.59 Å². The third-order valence-corrected chi connectivity index (χ3v) is 2.97. The zero-order valence-corrected chi connectivity index (χ0v) is 9.95. The summed E-state index contributed by atoms with van der Waals surface area (Å²) in [4.78, 5) is 29.4. The molecule has 1 amide bonds. The fourth-order valence-corrected chi connectivity index (χ4v) is 1.99. The van der Waals surface area contributed by atoms with Gasteiger partial charge in [-0.3, -0.25) is 14.7 Å². The fourth-order valence-electron chi connectivity index (χ4n) is 1.99. The number of nitrogens with zero attached hydrogens (tertiary/aromatic N) is 3. The maximum Gasteiger partial charge on any atom is 0.394 e. The topological polar surface area (TPSA) is 73.7 Å². The first-order valence-corrected chi connectivity index (χ1v) is 5.80. The molecule has 2 rings (SSSR count). The van der Waals surface area contributed by atoms with Crippen molar-refractivity contribution in [2.75, 3.05) is 26.2 Å². The Balaban J connectivity index is 1.84. The molecular weight excluding hydrogens is 234 g/mol. The highest BCUT2D eigenvalue weighted by molar-refractivity contribution is 6.31. The van der Waals surface area contributed by atoms with E-state index in [1.807, 2.05) is 18.3 Å². The SMILES string of the molecule is O=C(O)C(=O)N1CCN(Cc2cccnc2)CC1. The number of hydrogen-bond acceptors (Lipinski definition) is 4. The molecule has 0 atom stereocenters. The fraction of sp³-hybridized carbons (Fsp3) is 0.417. The third kappa shape index (κ3) is 3.04. The first-order chi connectivity index (χ1) is 8.66. The summed E-state index contributed by atoms with van der Waals surface area (Å²) in [5.74, 6) is -2.19. The molecule has 1 aliphatic rings. The molecule has 6 heteroatoms. The Morgan fingerprint density at radius 2 is 2.00 bits per heavy atom. The van der Waals surface area contributed by atoms with Gasteiger partial charge in [-0.15, -0.1) is 0 Å². The van der Waals surface area contributed by atoms with Crippen molar-refractivity contribution in [1.29, 1.82) is 0 Å². The van der Waals surface area contributed by atoms with Crippen LogP contribution >= 0.6 is 0 Å². The molecule has 0 saturated carbocycles. The Bertz CT molecular complexity index is 427. The molecule has 1 aliphatic heterocycles. The van der Waals surface area contributed by atoms with Crippen LogP contribution in [0.3, 0.4) is 0 Å². The minimum Gasteiger partial charge on any atom is -0.474 e. The summed E-state index contributed by atoms with van der Waals surface area (Å²) >= 11 is 0. The molecule has 2 heterocycles. The van der Waals surface area contributed by atoms with Crippen molar-refractivity contribution in [2.24, 2.45) is 0 Å². The predicted octanol–water partition coefficient (Wildman–Crippen LogP) is -0.190. The van der Waals surface area contributed by atoms with Crippen LogP contribution in [0.15, 0.2) is 24.5 Å². The van der Waals surface area contributed by atoms with Gasteiger partial charge in [-0.25, -0.2) is 4.79 Å². The summed E-state index contributed by atoms with van der Waals surface area (Å²) in [5.41, 5.74) is 1.12. The normalized spacial score (nSPS) is 16.6. The van der Waals surface area contributed by atoms with Crippen molar-refractivity contribution in [1.82, 2.24) is 14.8 Å². The molecule has 1 N–H and O–H groups in total. The van der Waals surface area contributed by atoms with Gasteiger partial charge in [0, 0.05) is 45.1 Å². The molecule has 0 aliphatic carbocycles. The number of piperazine rings is 1. The Labute approximate surface area is 105 Å². The Morgan fingerprint density at radius 1 is 1.28 bits per heavy atom. The van der Waals surface area contributed by atoms with Crippen LogP contribution < -0.4 is 0 Å². The number of carboxylic acids is 1. The number of aliphatic carboxylic acids is 1. The van der Waals surface area contributed by atoms with Crippen LogP contribution in [0.1, 0.15) is 5.56 Å². The first kappa shape index (κ1) is 12.5. The van der Waals surface area contributed by atoms with Gasteiger partial charge in [-0.05, 0) is 11.6 Å². The second kappa shape index (κ2) is 5.59. The quantitative estimate of drug-likeness (QED) is 0.735. The minimum absolute atomic E-state index is 0.464. The van der Waals surface area contributed by atoms with Crippen molar-refractivity contribution in [3.05, 3.63) is 30.1 Å². The molecule has 1 aromatic heterocycles. The zero-order chi connectivity index (χ0) is 13.0. The van der Waals surface area contributed by atoms with E-state index in [1.165, 1.54) is 4.90 Å². The molecule has 0 radical (unpaired) electrons. The summed E-state index contributed by atoms with van der Waals surface area (Å²) in [7, 11) is 0. The number of carboxylic acid groups (broad SMARTS) is 1. The number of pyridine rings is 1. The van der Waals surface area contributed by atoms with Gasteiger partial charge in [0.25, 0.3) is 0 Å². The lowest BCUT2D eigenvalue weighted by Gasteiger charge is -2.33. The molecule has 1 aromatic rings. The van der Waals surface area contributed by atoms with Gasteiger partial charge < -0.3 is 10.0 Å². The van der Waals surface area contributed by atoms with E-state index < -0.39 is 11.9 Å². The summed E-state index contributed by atoms with van der Waals surface area (Å²) in [6.45, 7) is 3.08. The highest BCUT2D eigenvalue weighted by Crippen LogP contribution is 2.07. The molecular formula is C12H15N3O3. The molecule has 0 aromatic carbocycles. The number of amides is 1. The van der Waals surface area contributed by atoms with Crippen LogP contribution in [-0.2, 0) is 16.1 Å². The molecule has 0 spiro atoms. The van der Waals surface area contributed by atoms with Gasteiger partial charge in [0.05, 0.1) is 0 Å². The second-order valence-corrected chi connectivity index (χ2v) is 4.23. The van der Waals surface area contributed by atoms with Gasteiger partial charge in [0.15, 0.2) is 0 Å². The van der Waals surface area contributed by atoms with Crippen molar-refractivity contribution in [2.45, 2.75) is 6.54 Å². The lowest BCUT2D eigenvalue weighted by molar-refractivity contribution is -0.156. The predicted molar refractivity (Wildman–Crippen MR) is 63.7 cm³/mol. The monoisotopic (exact) mass is 249 g/mol. The molecule has 96 valence electrons. The van der Waals surface area contributed by atoms with Gasteiger partial charge in [0.1, 0.15) is 0 Å². The number of carbonyl (C=O) groups excluding carboxylic acids is 1. The van der Waals surface area contributed by atoms with E-state index in [0.29, 0.717) is 26.2 Å². The Kier molecular flexibility index (Phi) is 3.88. The Hall–Kier alpha value is -1.95. The van der Waals surface area contributed by atoms with Crippen molar-refractivity contribution < 1.29 is 14.7 Å². The largest absolute Gasteiger partial charge is 0.474 e. The van der Waals surface area contributed by atoms with Crippen LogP contribution in [0.4, 0.5) is 0 Å². The van der Waals surface area contributed by atoms with Crippen LogP contribution in [0.5, 0.6) is 0 Å². The summed E-state index contributed by atoms with van der Waals surface area (Å²) < 4.78 is 0. The van der Waals surface area contributed by atoms with E-state index in [1.54, 1.807) is 6.20 Å². The van der Waals surface area contributed by atoms with Gasteiger partial charge in [-0.1, -0.05) is 6.07 Å². The zero-order valence-electron chi connectivity index (χ0n) is 9.95. The average molecular weight is 249 g/mol. The maximum atomic E-state index is 11.3. The average Bonchev–Trinajstić information content (AvgIpc) is 2.40. The van der Waals surface area contributed by atoms with Gasteiger partial charge in [-0.2, -0.15) is 0 Å². The number of hydrogen-bond donors (Lipinski definition) is 1. The van der Waals surface area contributed by atoms with E-state index in [-0.39, 0.29) is 0 Å². The lowest BCUT2D eigenvalue weighted by Crippen LogP contribution is -2.50. The van der Waals surface area contributed by atoms with Crippen molar-refractivity contribution in [3.63, 3.8) is 0 Å². The molecule has 1 fully saturated rings. The maximum absolute atomic E-state index is 11.3. The van der Waals surface area contributed by atoms with E-state index in [4.69, 9.17) is 5.11 Å². The highest BCUT2D eigenvalue weighted by Gasteiger charge is 2.25. The van der Waals surface area contributed by atoms with Crippen molar-refractivity contribution >= 4 is 11.9 Å². The smallest absolute Gasteiger partial charge is 0.394 e. The molecule has 6 nitrogen and oxygen atoms in total. The molecule has 1 saturated heterocycles. The minimum atomic E-state index is -1.38. The summed E-state index contributed by atoms with van der Waals surface area (Å²) in [6, 6.07) is 3.89. The van der Waals surface area contributed by atoms with Crippen LogP contribution in [-0.4, -0.2) is 57.9 Å². The number of carbonyl (C=O) groups is 2. The second-order valence-electron chi connectivity index (χ2n) is 4.23. The summed E-state index contributed by atoms with van der Waals surface area (Å²) in [5, 5.41) is 8.62. The lowest BCUT2D eigenvalue weighted by atomic mass is 10.2. The van der Waals surface area contributed by atoms with Crippen LogP contribution in [0, 0.1) is 0 Å². The third-order valence-electron chi connectivity index (χ3n) is 2.97. The molecule has 0 unspecified atom stereocenters. The highest BCUT2D eigenvalue weighted by atomic mass is 16.4. The first-order valence-electron chi connectivity index (χ1n) is 5.80. The summed E-state index contributed by atoms with van der Waals surface area (Å²) in [6.07, 6.45) is 3.54. The van der Waals surface area contributed by atoms with Crippen molar-refractivity contribution in [3.8, 4) is 0 Å². The van der Waals surface area contributed by atoms with Gasteiger partial charge >= 0.3 is 11.9 Å². The van der Waals surface area contributed by atoms with Crippen LogP contribution in [0.25, 0.3) is 0 Å².